The van der Waals surface area contributed by atoms with E-state index in [2.05, 4.69) is 5.10 Å². The summed E-state index contributed by atoms with van der Waals surface area (Å²) in [5.41, 5.74) is -0.0419. The molecular weight excluding hydrogens is 262 g/mol. The minimum absolute atomic E-state index is 0.0466. The molecule has 1 aliphatic heterocycles. The van der Waals surface area contributed by atoms with Crippen LogP contribution in [0.5, 0.6) is 0 Å². The topological polar surface area (TPSA) is 84.7 Å². The van der Waals surface area contributed by atoms with Crippen molar-refractivity contribution < 1.29 is 14.6 Å². The molecule has 0 radical (unpaired) electrons. The Bertz CT molecular complexity index is 529. The summed E-state index contributed by atoms with van der Waals surface area (Å²) < 4.78 is 6.13. The molecule has 1 unspecified atom stereocenters. The lowest BCUT2D eigenvalue weighted by atomic mass is 10.2. The van der Waals surface area contributed by atoms with Gasteiger partial charge in [-0.05, 0) is 18.9 Å². The molecule has 7 heteroatoms. The molecular formula is C13H19N3O4. The maximum Gasteiger partial charge on any atom is 0.274 e. The number of aliphatic hydroxyl groups excluding tert-OH is 1. The van der Waals surface area contributed by atoms with Gasteiger partial charge in [-0.25, -0.2) is 4.68 Å². The van der Waals surface area contributed by atoms with Crippen molar-refractivity contribution in [1.82, 2.24) is 14.7 Å². The van der Waals surface area contributed by atoms with Crippen molar-refractivity contribution in [3.05, 3.63) is 28.2 Å². The van der Waals surface area contributed by atoms with Gasteiger partial charge in [-0.1, -0.05) is 0 Å². The van der Waals surface area contributed by atoms with Gasteiger partial charge in [0.1, 0.15) is 5.69 Å². The molecule has 0 aromatic carbocycles. The van der Waals surface area contributed by atoms with E-state index >= 15 is 0 Å². The first-order chi connectivity index (χ1) is 9.67. The third kappa shape index (κ3) is 3.05. The summed E-state index contributed by atoms with van der Waals surface area (Å²) in [6.07, 6.45) is 1.67. The molecule has 1 atom stereocenters. The summed E-state index contributed by atoms with van der Waals surface area (Å²) >= 11 is 0. The molecule has 1 aromatic heterocycles. The maximum atomic E-state index is 12.4. The van der Waals surface area contributed by atoms with E-state index in [1.165, 1.54) is 23.9 Å². The minimum Gasteiger partial charge on any atom is -0.394 e. The predicted octanol–water partition coefficient (Wildman–Crippen LogP) is -0.513. The van der Waals surface area contributed by atoms with Gasteiger partial charge in [0.25, 0.3) is 11.5 Å². The van der Waals surface area contributed by atoms with Gasteiger partial charge < -0.3 is 14.7 Å². The van der Waals surface area contributed by atoms with Crippen LogP contribution in [-0.4, -0.2) is 58.6 Å². The highest BCUT2D eigenvalue weighted by atomic mass is 16.5. The number of nitrogens with zero attached hydrogens (tertiary/aromatic N) is 3. The highest BCUT2D eigenvalue weighted by Crippen LogP contribution is 2.18. The lowest BCUT2D eigenvalue weighted by molar-refractivity contribution is 0.0668. The number of carbonyl (C=O) groups is 1. The standard InChI is InChI=1S/C13H19N3O4/c1-20-8-7-16-12(18)5-4-11(14-16)13(19)15-6-2-3-10(15)9-17/h4-5,10,17H,2-3,6-9H2,1H3. The number of hydrogen-bond donors (Lipinski definition) is 1. The van der Waals surface area contributed by atoms with E-state index in [9.17, 15) is 14.7 Å². The Kier molecular flexibility index (Phi) is 4.86. The van der Waals surface area contributed by atoms with Gasteiger partial charge in [0.05, 0.1) is 25.8 Å². The molecule has 0 spiro atoms. The lowest BCUT2D eigenvalue weighted by Gasteiger charge is -2.22. The summed E-state index contributed by atoms with van der Waals surface area (Å²) in [4.78, 5) is 25.6. The molecule has 1 fully saturated rings. The van der Waals surface area contributed by atoms with Crippen molar-refractivity contribution in [2.45, 2.75) is 25.4 Å². The van der Waals surface area contributed by atoms with Gasteiger partial charge in [0.15, 0.2) is 0 Å². The van der Waals surface area contributed by atoms with Gasteiger partial charge in [-0.3, -0.25) is 9.59 Å². The van der Waals surface area contributed by atoms with Gasteiger partial charge in [-0.15, -0.1) is 0 Å². The first kappa shape index (κ1) is 14.7. The Morgan fingerprint density at radius 3 is 3.05 bits per heavy atom. The largest absolute Gasteiger partial charge is 0.394 e. The van der Waals surface area contributed by atoms with Gasteiger partial charge in [0, 0.05) is 19.7 Å². The van der Waals surface area contributed by atoms with Crippen molar-refractivity contribution in [3.8, 4) is 0 Å². The Balaban J connectivity index is 2.19. The highest BCUT2D eigenvalue weighted by molar-refractivity contribution is 5.92. The molecule has 1 saturated heterocycles. The van der Waals surface area contributed by atoms with E-state index < -0.39 is 0 Å². The highest BCUT2D eigenvalue weighted by Gasteiger charge is 2.29. The third-order valence-corrected chi connectivity index (χ3v) is 3.44. The van der Waals surface area contributed by atoms with Crippen LogP contribution in [0, 0.1) is 0 Å². The number of ether oxygens (including phenoxy) is 1. The van der Waals surface area contributed by atoms with Crippen LogP contribution in [0.1, 0.15) is 23.3 Å². The first-order valence-electron chi connectivity index (χ1n) is 6.66. The molecule has 0 bridgehead atoms. The zero-order chi connectivity index (χ0) is 14.5. The molecule has 2 rings (SSSR count). The Labute approximate surface area is 116 Å². The fraction of sp³-hybridized carbons (Fsp3) is 0.615. The number of hydrogen-bond acceptors (Lipinski definition) is 5. The van der Waals surface area contributed by atoms with Gasteiger partial charge >= 0.3 is 0 Å². The first-order valence-corrected chi connectivity index (χ1v) is 6.66. The summed E-state index contributed by atoms with van der Waals surface area (Å²) in [5, 5.41) is 13.3. The molecule has 1 aromatic rings. The van der Waals surface area contributed by atoms with E-state index in [1.54, 1.807) is 4.90 Å². The molecule has 0 saturated carbocycles. The smallest absolute Gasteiger partial charge is 0.274 e. The molecule has 110 valence electrons. The van der Waals surface area contributed by atoms with Crippen LogP contribution in [0.2, 0.25) is 0 Å². The number of methoxy groups -OCH3 is 1. The second kappa shape index (κ2) is 6.62. The fourth-order valence-corrected chi connectivity index (χ4v) is 2.34. The van der Waals surface area contributed by atoms with Gasteiger partial charge in [-0.2, -0.15) is 5.10 Å². The Morgan fingerprint density at radius 2 is 2.35 bits per heavy atom. The van der Waals surface area contributed by atoms with Crippen molar-refractivity contribution >= 4 is 5.91 Å². The van der Waals surface area contributed by atoms with Gasteiger partial charge in [0.2, 0.25) is 0 Å². The molecule has 1 N–H and O–H groups in total. The number of amides is 1. The van der Waals surface area contributed by atoms with E-state index in [0.29, 0.717) is 19.7 Å². The second-order valence-corrected chi connectivity index (χ2v) is 4.75. The van der Waals surface area contributed by atoms with Crippen molar-refractivity contribution in [2.24, 2.45) is 0 Å². The molecule has 1 aliphatic rings. The summed E-state index contributed by atoms with van der Waals surface area (Å²) in [6, 6.07) is 2.62. The van der Waals surface area contributed by atoms with Crippen LogP contribution in [0.4, 0.5) is 0 Å². The number of aromatic nitrogens is 2. The molecule has 7 nitrogen and oxygen atoms in total. The van der Waals surface area contributed by atoms with Crippen LogP contribution in [0.3, 0.4) is 0 Å². The normalized spacial score (nSPS) is 18.5. The number of carbonyl (C=O) groups excluding carboxylic acids is 1. The summed E-state index contributed by atoms with van der Waals surface area (Å²) in [7, 11) is 1.54. The summed E-state index contributed by atoms with van der Waals surface area (Å²) in [6.45, 7) is 1.23. The number of aliphatic hydroxyl groups is 1. The van der Waals surface area contributed by atoms with Crippen LogP contribution < -0.4 is 5.56 Å². The number of likely N-dealkylation sites (tertiary alicyclic amines) is 1. The monoisotopic (exact) mass is 281 g/mol. The number of rotatable bonds is 5. The molecule has 20 heavy (non-hydrogen) atoms. The Morgan fingerprint density at radius 1 is 1.55 bits per heavy atom. The quantitative estimate of drug-likeness (QED) is 0.785. The van der Waals surface area contributed by atoms with E-state index in [1.807, 2.05) is 0 Å². The van der Waals surface area contributed by atoms with Crippen LogP contribution in [0.25, 0.3) is 0 Å². The van der Waals surface area contributed by atoms with E-state index in [-0.39, 0.29) is 29.8 Å². The van der Waals surface area contributed by atoms with Crippen molar-refractivity contribution in [2.75, 3.05) is 26.9 Å². The van der Waals surface area contributed by atoms with E-state index in [4.69, 9.17) is 4.74 Å². The zero-order valence-corrected chi connectivity index (χ0v) is 11.5. The van der Waals surface area contributed by atoms with E-state index in [0.717, 1.165) is 12.8 Å². The maximum absolute atomic E-state index is 12.4. The van der Waals surface area contributed by atoms with Crippen LogP contribution in [-0.2, 0) is 11.3 Å². The molecule has 2 heterocycles. The Hall–Kier alpha value is -1.73. The zero-order valence-electron chi connectivity index (χ0n) is 11.5. The fourth-order valence-electron chi connectivity index (χ4n) is 2.34. The SMILES string of the molecule is COCCn1nc(C(=O)N2CCCC2CO)ccc1=O. The molecule has 1 amide bonds. The summed E-state index contributed by atoms with van der Waals surface area (Å²) in [5.74, 6) is -0.243. The average Bonchev–Trinajstić information content (AvgIpc) is 2.94. The minimum atomic E-state index is -0.265. The third-order valence-electron chi connectivity index (χ3n) is 3.44. The van der Waals surface area contributed by atoms with Crippen LogP contribution in [0.15, 0.2) is 16.9 Å². The van der Waals surface area contributed by atoms with Crippen molar-refractivity contribution in [1.29, 1.82) is 0 Å². The average molecular weight is 281 g/mol. The molecule has 0 aliphatic carbocycles. The second-order valence-electron chi connectivity index (χ2n) is 4.75. The van der Waals surface area contributed by atoms with Crippen LogP contribution >= 0.6 is 0 Å². The van der Waals surface area contributed by atoms with Crippen molar-refractivity contribution in [3.63, 3.8) is 0 Å². The lowest BCUT2D eigenvalue weighted by Crippen LogP contribution is -2.39. The predicted molar refractivity (Wildman–Crippen MR) is 71.5 cm³/mol.